The third-order valence-electron chi connectivity index (χ3n) is 5.32. The molecule has 0 saturated carbocycles. The summed E-state index contributed by atoms with van der Waals surface area (Å²) in [5.74, 6) is 0.937. The molecular weight excluding hydrogens is 276 g/mol. The third kappa shape index (κ3) is 1.91. The lowest BCUT2D eigenvalue weighted by molar-refractivity contribution is 0.816. The van der Waals surface area contributed by atoms with Crippen molar-refractivity contribution in [2.75, 3.05) is 0 Å². The summed E-state index contributed by atoms with van der Waals surface area (Å²) < 4.78 is 0. The SMILES string of the molecule is C1=C/C(=C2/C=CC=C3c4ccccc4CC32)C(C2C=CC=C2)=C1. The van der Waals surface area contributed by atoms with Crippen LogP contribution >= 0.6 is 0 Å². The van der Waals surface area contributed by atoms with Crippen molar-refractivity contribution in [3.05, 3.63) is 113 Å². The number of allylic oxidation sites excluding steroid dienone is 14. The van der Waals surface area contributed by atoms with E-state index in [9.17, 15) is 0 Å². The van der Waals surface area contributed by atoms with Gasteiger partial charge in [0.05, 0.1) is 0 Å². The molecule has 0 N–H and O–H groups in total. The van der Waals surface area contributed by atoms with Gasteiger partial charge in [-0.15, -0.1) is 0 Å². The van der Waals surface area contributed by atoms with Crippen molar-refractivity contribution in [1.29, 1.82) is 0 Å². The van der Waals surface area contributed by atoms with Crippen LogP contribution in [0.1, 0.15) is 11.1 Å². The summed E-state index contributed by atoms with van der Waals surface area (Å²) in [7, 11) is 0. The summed E-state index contributed by atoms with van der Waals surface area (Å²) in [5, 5.41) is 0. The Hall–Kier alpha value is -2.60. The smallest absolute Gasteiger partial charge is 0.0210 e. The molecule has 0 nitrogen and oxygen atoms in total. The number of fused-ring (bicyclic) bond motifs is 3. The van der Waals surface area contributed by atoms with E-state index in [1.54, 1.807) is 0 Å². The second-order valence-corrected chi connectivity index (χ2v) is 6.54. The molecule has 0 amide bonds. The molecule has 0 heteroatoms. The third-order valence-corrected chi connectivity index (χ3v) is 5.32. The highest BCUT2D eigenvalue weighted by Gasteiger charge is 2.32. The zero-order valence-corrected chi connectivity index (χ0v) is 12.9. The van der Waals surface area contributed by atoms with Crippen molar-refractivity contribution in [3.8, 4) is 0 Å². The highest BCUT2D eigenvalue weighted by Crippen LogP contribution is 2.46. The van der Waals surface area contributed by atoms with Crippen LogP contribution in [0.25, 0.3) is 5.57 Å². The molecule has 110 valence electrons. The van der Waals surface area contributed by atoms with Gasteiger partial charge in [-0.2, -0.15) is 0 Å². The van der Waals surface area contributed by atoms with Gasteiger partial charge in [-0.25, -0.2) is 0 Å². The summed E-state index contributed by atoms with van der Waals surface area (Å²) in [5.41, 5.74) is 8.75. The molecule has 0 saturated heterocycles. The van der Waals surface area contributed by atoms with Gasteiger partial charge in [-0.05, 0) is 39.8 Å². The van der Waals surface area contributed by atoms with Crippen LogP contribution in [-0.2, 0) is 6.42 Å². The van der Waals surface area contributed by atoms with Crippen molar-refractivity contribution in [3.63, 3.8) is 0 Å². The first-order chi connectivity index (χ1) is 11.4. The van der Waals surface area contributed by atoms with E-state index < -0.39 is 0 Å². The Morgan fingerprint density at radius 2 is 1.57 bits per heavy atom. The van der Waals surface area contributed by atoms with E-state index in [0.29, 0.717) is 11.8 Å². The van der Waals surface area contributed by atoms with Gasteiger partial charge in [-0.1, -0.05) is 85.0 Å². The van der Waals surface area contributed by atoms with Gasteiger partial charge in [0.1, 0.15) is 0 Å². The molecule has 4 aliphatic carbocycles. The maximum Gasteiger partial charge on any atom is 0.0210 e. The van der Waals surface area contributed by atoms with Gasteiger partial charge in [0, 0.05) is 11.8 Å². The van der Waals surface area contributed by atoms with Gasteiger partial charge in [-0.3, -0.25) is 0 Å². The van der Waals surface area contributed by atoms with E-state index in [2.05, 4.69) is 85.0 Å². The highest BCUT2D eigenvalue weighted by atomic mass is 14.4. The molecule has 0 bridgehead atoms. The second kappa shape index (κ2) is 4.96. The highest BCUT2D eigenvalue weighted by molar-refractivity contribution is 5.81. The molecular formula is C23H18. The number of rotatable bonds is 1. The molecule has 5 rings (SSSR count). The predicted octanol–water partition coefficient (Wildman–Crippen LogP) is 5.35. The molecule has 0 fully saturated rings. The Labute approximate surface area is 137 Å². The lowest BCUT2D eigenvalue weighted by Crippen LogP contribution is -2.09. The van der Waals surface area contributed by atoms with Crippen molar-refractivity contribution in [1.82, 2.24) is 0 Å². The molecule has 4 aliphatic rings. The lowest BCUT2D eigenvalue weighted by atomic mass is 9.81. The van der Waals surface area contributed by atoms with Crippen molar-refractivity contribution in [2.45, 2.75) is 6.42 Å². The number of hydrogen-bond donors (Lipinski definition) is 0. The second-order valence-electron chi connectivity index (χ2n) is 6.54. The van der Waals surface area contributed by atoms with E-state index in [1.807, 2.05) is 0 Å². The Kier molecular flexibility index (Phi) is 2.78. The van der Waals surface area contributed by atoms with Crippen molar-refractivity contribution in [2.24, 2.45) is 11.8 Å². The van der Waals surface area contributed by atoms with Crippen molar-refractivity contribution >= 4 is 5.57 Å². The van der Waals surface area contributed by atoms with Gasteiger partial charge < -0.3 is 0 Å². The van der Waals surface area contributed by atoms with Crippen LogP contribution in [0, 0.1) is 11.8 Å². The normalized spacial score (nSPS) is 27.4. The predicted molar refractivity (Wildman–Crippen MR) is 96.8 cm³/mol. The largest absolute Gasteiger partial charge is 0.0732 e. The number of hydrogen-bond acceptors (Lipinski definition) is 0. The standard InChI is InChI=1S/C23H18/c1-2-8-16(7-1)18-11-5-12-20(18)22-14-6-13-21-19-10-4-3-9-17(19)15-23(21)22/h1-14,16,23H,15H2/b22-20+. The average Bonchev–Trinajstić information content (AvgIpc) is 3.32. The summed E-state index contributed by atoms with van der Waals surface area (Å²) in [4.78, 5) is 0. The van der Waals surface area contributed by atoms with Gasteiger partial charge in [0.2, 0.25) is 0 Å². The molecule has 0 aromatic heterocycles. The van der Waals surface area contributed by atoms with Gasteiger partial charge in [0.15, 0.2) is 0 Å². The van der Waals surface area contributed by atoms with Crippen molar-refractivity contribution < 1.29 is 0 Å². The number of benzene rings is 1. The van der Waals surface area contributed by atoms with E-state index in [0.717, 1.165) is 6.42 Å². The summed E-state index contributed by atoms with van der Waals surface area (Å²) in [6.45, 7) is 0. The summed E-state index contributed by atoms with van der Waals surface area (Å²) >= 11 is 0. The minimum Gasteiger partial charge on any atom is -0.0732 e. The summed E-state index contributed by atoms with van der Waals surface area (Å²) in [6.07, 6.45) is 23.6. The zero-order chi connectivity index (χ0) is 15.2. The molecule has 0 heterocycles. The molecule has 0 radical (unpaired) electrons. The maximum atomic E-state index is 2.32. The summed E-state index contributed by atoms with van der Waals surface area (Å²) in [6, 6.07) is 8.86. The topological polar surface area (TPSA) is 0 Å². The molecule has 1 atom stereocenters. The quantitative estimate of drug-likeness (QED) is 0.655. The zero-order valence-electron chi connectivity index (χ0n) is 12.9. The fraction of sp³-hybridized carbons (Fsp3) is 0.130. The molecule has 23 heavy (non-hydrogen) atoms. The van der Waals surface area contributed by atoms with Crippen LogP contribution < -0.4 is 0 Å². The monoisotopic (exact) mass is 294 g/mol. The van der Waals surface area contributed by atoms with Gasteiger partial charge >= 0.3 is 0 Å². The molecule has 1 aromatic rings. The fourth-order valence-corrected chi connectivity index (χ4v) is 4.26. The van der Waals surface area contributed by atoms with Crippen LogP contribution in [0.2, 0.25) is 0 Å². The molecule has 1 aromatic carbocycles. The maximum absolute atomic E-state index is 2.32. The van der Waals surface area contributed by atoms with Gasteiger partial charge in [0.25, 0.3) is 0 Å². The average molecular weight is 294 g/mol. The van der Waals surface area contributed by atoms with E-state index in [4.69, 9.17) is 0 Å². The molecule has 1 unspecified atom stereocenters. The Balaban J connectivity index is 1.60. The fourth-order valence-electron chi connectivity index (χ4n) is 4.26. The first-order valence-corrected chi connectivity index (χ1v) is 8.36. The lowest BCUT2D eigenvalue weighted by Gasteiger charge is -2.22. The van der Waals surface area contributed by atoms with E-state index in [-0.39, 0.29) is 0 Å². The van der Waals surface area contributed by atoms with Crippen LogP contribution in [0.3, 0.4) is 0 Å². The van der Waals surface area contributed by atoms with E-state index >= 15 is 0 Å². The van der Waals surface area contributed by atoms with Crippen LogP contribution in [0.4, 0.5) is 0 Å². The van der Waals surface area contributed by atoms with Crippen LogP contribution in [-0.4, -0.2) is 0 Å². The first kappa shape index (κ1) is 12.9. The minimum absolute atomic E-state index is 0.430. The Bertz CT molecular complexity index is 882. The van der Waals surface area contributed by atoms with E-state index in [1.165, 1.54) is 33.4 Å². The minimum atomic E-state index is 0.430. The molecule has 0 aliphatic heterocycles. The Morgan fingerprint density at radius 1 is 0.783 bits per heavy atom. The van der Waals surface area contributed by atoms with Crippen LogP contribution in [0.5, 0.6) is 0 Å². The first-order valence-electron chi connectivity index (χ1n) is 8.36. The Morgan fingerprint density at radius 3 is 2.48 bits per heavy atom. The van der Waals surface area contributed by atoms with Crippen LogP contribution in [0.15, 0.2) is 102 Å². The molecule has 0 spiro atoms.